The first-order valence-corrected chi connectivity index (χ1v) is 8.29. The number of hydrogen-bond acceptors (Lipinski definition) is 3. The van der Waals surface area contributed by atoms with Crippen LogP contribution in [-0.4, -0.2) is 23.3 Å². The molecule has 0 aliphatic carbocycles. The molecule has 130 valence electrons. The van der Waals surface area contributed by atoms with E-state index in [1.165, 1.54) is 12.1 Å². The molecule has 1 atom stereocenters. The van der Waals surface area contributed by atoms with Crippen LogP contribution in [0, 0.1) is 12.7 Å². The number of nitrogens with zero attached hydrogens (tertiary/aromatic N) is 1. The van der Waals surface area contributed by atoms with Crippen LogP contribution in [0.25, 0.3) is 0 Å². The number of piperidine rings is 1. The van der Waals surface area contributed by atoms with Gasteiger partial charge in [-0.2, -0.15) is 0 Å². The van der Waals surface area contributed by atoms with Gasteiger partial charge in [-0.05, 0) is 35.7 Å². The van der Waals surface area contributed by atoms with Gasteiger partial charge in [0.2, 0.25) is 0 Å². The predicted octanol–water partition coefficient (Wildman–Crippen LogP) is 4.18. The Balaban J connectivity index is 1.77. The van der Waals surface area contributed by atoms with Gasteiger partial charge in [0, 0.05) is 19.4 Å². The summed E-state index contributed by atoms with van der Waals surface area (Å²) in [5, 5.41) is 0. The second kappa shape index (κ2) is 7.47. The Labute approximate surface area is 146 Å². The minimum absolute atomic E-state index is 0.0980. The molecule has 1 saturated heterocycles. The highest BCUT2D eigenvalue weighted by atomic mass is 19.1. The first kappa shape index (κ1) is 17.1. The molecule has 0 spiro atoms. The summed E-state index contributed by atoms with van der Waals surface area (Å²) in [7, 11) is 0. The fourth-order valence-electron chi connectivity index (χ4n) is 3.14. The third-order valence-electron chi connectivity index (χ3n) is 4.46. The Morgan fingerprint density at radius 2 is 2.00 bits per heavy atom. The Morgan fingerprint density at radius 3 is 2.72 bits per heavy atom. The molecular weight excluding hydrogens is 321 g/mol. The number of Topliss-reactive ketones (excluding diaryl/α,β-unsaturated/α-hetero) is 1. The Morgan fingerprint density at radius 1 is 1.24 bits per heavy atom. The monoisotopic (exact) mass is 341 g/mol. The summed E-state index contributed by atoms with van der Waals surface area (Å²) < 4.78 is 18.8. The lowest BCUT2D eigenvalue weighted by Crippen LogP contribution is -2.41. The zero-order chi connectivity index (χ0) is 17.8. The largest absolute Gasteiger partial charge is 0.445 e. The molecule has 1 aliphatic rings. The van der Waals surface area contributed by atoms with Crippen LogP contribution in [-0.2, 0) is 16.1 Å². The van der Waals surface area contributed by atoms with Crippen molar-refractivity contribution >= 4 is 11.9 Å². The SMILES string of the molecule is Cc1cc(F)ccc1C1CC(=O)CCN1C(=O)OCc1ccccc1. The fraction of sp³-hybridized carbons (Fsp3) is 0.300. The number of benzene rings is 2. The molecular formula is C20H20FNO3. The molecule has 25 heavy (non-hydrogen) atoms. The van der Waals surface area contributed by atoms with Crippen LogP contribution >= 0.6 is 0 Å². The number of halogens is 1. The molecule has 1 aliphatic heterocycles. The van der Waals surface area contributed by atoms with Crippen LogP contribution in [0.5, 0.6) is 0 Å². The number of likely N-dealkylation sites (tertiary alicyclic amines) is 1. The highest BCUT2D eigenvalue weighted by molar-refractivity contribution is 5.82. The van der Waals surface area contributed by atoms with Gasteiger partial charge in [-0.15, -0.1) is 0 Å². The molecule has 0 bridgehead atoms. The van der Waals surface area contributed by atoms with E-state index in [1.54, 1.807) is 17.9 Å². The smallest absolute Gasteiger partial charge is 0.410 e. The zero-order valence-electron chi connectivity index (χ0n) is 14.1. The molecule has 3 rings (SSSR count). The van der Waals surface area contributed by atoms with Crippen LogP contribution in [0.15, 0.2) is 48.5 Å². The summed E-state index contributed by atoms with van der Waals surface area (Å²) in [6.07, 6.45) is 0.0921. The number of ketones is 1. The number of amides is 1. The van der Waals surface area contributed by atoms with Gasteiger partial charge in [0.1, 0.15) is 18.2 Å². The number of rotatable bonds is 3. The summed E-state index contributed by atoms with van der Waals surface area (Å²) in [5.41, 5.74) is 2.41. The van der Waals surface area contributed by atoms with Crippen molar-refractivity contribution < 1.29 is 18.7 Å². The molecule has 1 amide bonds. The fourth-order valence-corrected chi connectivity index (χ4v) is 3.14. The number of aryl methyl sites for hydroxylation is 1. The van der Waals surface area contributed by atoms with Crippen LogP contribution < -0.4 is 0 Å². The van der Waals surface area contributed by atoms with Crippen molar-refractivity contribution in [2.24, 2.45) is 0 Å². The van der Waals surface area contributed by atoms with E-state index in [0.29, 0.717) is 13.0 Å². The molecule has 5 heteroatoms. The molecule has 0 saturated carbocycles. The third kappa shape index (κ3) is 4.05. The van der Waals surface area contributed by atoms with Crippen molar-refractivity contribution in [3.05, 3.63) is 71.0 Å². The quantitative estimate of drug-likeness (QED) is 0.841. The van der Waals surface area contributed by atoms with Gasteiger partial charge >= 0.3 is 6.09 Å². The molecule has 1 heterocycles. The summed E-state index contributed by atoms with van der Waals surface area (Å²) in [4.78, 5) is 26.1. The van der Waals surface area contributed by atoms with E-state index in [2.05, 4.69) is 0 Å². The Bertz CT molecular complexity index is 776. The summed E-state index contributed by atoms with van der Waals surface area (Å²) in [5.74, 6) is -0.234. The molecule has 1 unspecified atom stereocenters. The maximum absolute atomic E-state index is 13.4. The van der Waals surface area contributed by atoms with E-state index < -0.39 is 12.1 Å². The van der Waals surface area contributed by atoms with Gasteiger partial charge in [-0.3, -0.25) is 4.79 Å². The summed E-state index contributed by atoms with van der Waals surface area (Å²) in [6.45, 7) is 2.28. The van der Waals surface area contributed by atoms with Crippen molar-refractivity contribution in [2.45, 2.75) is 32.4 Å². The highest BCUT2D eigenvalue weighted by Crippen LogP contribution is 2.32. The van der Waals surface area contributed by atoms with E-state index in [9.17, 15) is 14.0 Å². The molecule has 0 aromatic heterocycles. The maximum Gasteiger partial charge on any atom is 0.410 e. The van der Waals surface area contributed by atoms with Crippen LogP contribution in [0.1, 0.15) is 35.6 Å². The van der Waals surface area contributed by atoms with E-state index in [1.807, 2.05) is 30.3 Å². The van der Waals surface area contributed by atoms with E-state index >= 15 is 0 Å². The number of carbonyl (C=O) groups excluding carboxylic acids is 2. The number of ether oxygens (including phenoxy) is 1. The second-order valence-electron chi connectivity index (χ2n) is 6.24. The van der Waals surface area contributed by atoms with Crippen LogP contribution in [0.2, 0.25) is 0 Å². The third-order valence-corrected chi connectivity index (χ3v) is 4.46. The van der Waals surface area contributed by atoms with Gasteiger partial charge in [0.15, 0.2) is 0 Å². The van der Waals surface area contributed by atoms with E-state index in [-0.39, 0.29) is 24.6 Å². The van der Waals surface area contributed by atoms with Crippen molar-refractivity contribution in [3.63, 3.8) is 0 Å². The lowest BCUT2D eigenvalue weighted by atomic mass is 9.92. The predicted molar refractivity (Wildman–Crippen MR) is 91.5 cm³/mol. The van der Waals surface area contributed by atoms with Crippen molar-refractivity contribution in [1.82, 2.24) is 4.90 Å². The molecule has 1 fully saturated rings. The molecule has 0 N–H and O–H groups in total. The minimum Gasteiger partial charge on any atom is -0.445 e. The lowest BCUT2D eigenvalue weighted by Gasteiger charge is -2.35. The maximum atomic E-state index is 13.4. The number of carbonyl (C=O) groups is 2. The van der Waals surface area contributed by atoms with Gasteiger partial charge in [-0.1, -0.05) is 36.4 Å². The summed E-state index contributed by atoms with van der Waals surface area (Å²) >= 11 is 0. The van der Waals surface area contributed by atoms with Crippen molar-refractivity contribution in [2.75, 3.05) is 6.54 Å². The van der Waals surface area contributed by atoms with Crippen LogP contribution in [0.4, 0.5) is 9.18 Å². The standard InChI is InChI=1S/C20H20FNO3/c1-14-11-16(21)7-8-18(14)19-12-17(23)9-10-22(19)20(24)25-13-15-5-3-2-4-6-15/h2-8,11,19H,9-10,12-13H2,1H3. The Hall–Kier alpha value is -2.69. The van der Waals surface area contributed by atoms with Gasteiger partial charge in [0.25, 0.3) is 0 Å². The zero-order valence-corrected chi connectivity index (χ0v) is 14.1. The Kier molecular flexibility index (Phi) is 5.12. The van der Waals surface area contributed by atoms with Crippen LogP contribution in [0.3, 0.4) is 0 Å². The summed E-state index contributed by atoms with van der Waals surface area (Å²) in [6, 6.07) is 13.4. The first-order valence-electron chi connectivity index (χ1n) is 8.29. The minimum atomic E-state index is -0.454. The van der Waals surface area contributed by atoms with Crippen molar-refractivity contribution in [1.29, 1.82) is 0 Å². The van der Waals surface area contributed by atoms with Gasteiger partial charge < -0.3 is 9.64 Å². The lowest BCUT2D eigenvalue weighted by molar-refractivity contribution is -0.122. The molecule has 2 aromatic carbocycles. The van der Waals surface area contributed by atoms with Crippen molar-refractivity contribution in [3.8, 4) is 0 Å². The van der Waals surface area contributed by atoms with E-state index in [4.69, 9.17) is 4.74 Å². The molecule has 4 nitrogen and oxygen atoms in total. The average molecular weight is 341 g/mol. The molecule has 0 radical (unpaired) electrons. The number of hydrogen-bond donors (Lipinski definition) is 0. The highest BCUT2D eigenvalue weighted by Gasteiger charge is 2.33. The second-order valence-corrected chi connectivity index (χ2v) is 6.24. The first-order chi connectivity index (χ1) is 12.0. The van der Waals surface area contributed by atoms with Gasteiger partial charge in [0.05, 0.1) is 6.04 Å². The van der Waals surface area contributed by atoms with E-state index in [0.717, 1.165) is 16.7 Å². The van der Waals surface area contributed by atoms with Gasteiger partial charge in [-0.25, -0.2) is 9.18 Å². The normalized spacial score (nSPS) is 17.4. The average Bonchev–Trinajstić information content (AvgIpc) is 2.60. The molecule has 2 aromatic rings. The topological polar surface area (TPSA) is 46.6 Å².